The van der Waals surface area contributed by atoms with Crippen molar-refractivity contribution < 1.29 is 4.74 Å². The lowest BCUT2D eigenvalue weighted by Gasteiger charge is -2.17. The van der Waals surface area contributed by atoms with Gasteiger partial charge in [0.1, 0.15) is 6.10 Å². The fourth-order valence-corrected chi connectivity index (χ4v) is 3.40. The Balaban J connectivity index is 2.64. The minimum absolute atomic E-state index is 0.00299. The van der Waals surface area contributed by atoms with Crippen LogP contribution in [0.2, 0.25) is 0 Å². The van der Waals surface area contributed by atoms with Gasteiger partial charge >= 0.3 is 0 Å². The van der Waals surface area contributed by atoms with Gasteiger partial charge in [-0.2, -0.15) is 0 Å². The number of ether oxygens (including phenoxy) is 1. The minimum Gasteiger partial charge on any atom is -0.362 e. The van der Waals surface area contributed by atoms with Gasteiger partial charge < -0.3 is 4.74 Å². The van der Waals surface area contributed by atoms with Gasteiger partial charge in [0, 0.05) is 0 Å². The van der Waals surface area contributed by atoms with Gasteiger partial charge in [0.2, 0.25) is 0 Å². The smallest absolute Gasteiger partial charge is 0.121 e. The summed E-state index contributed by atoms with van der Waals surface area (Å²) in [5.41, 5.74) is 0. The molecule has 0 aromatic carbocycles. The van der Waals surface area contributed by atoms with Gasteiger partial charge in [-0.15, -0.1) is 22.8 Å². The second kappa shape index (κ2) is 6.44. The van der Waals surface area contributed by atoms with Crippen molar-refractivity contribution in [3.8, 4) is 12.3 Å². The fourth-order valence-electron chi connectivity index (χ4n) is 2.10. The molecule has 3 heteroatoms. The molecule has 1 nitrogen and oxygen atoms in total. The molecule has 15 heavy (non-hydrogen) atoms. The molecule has 0 spiro atoms. The Morgan fingerprint density at radius 3 is 2.67 bits per heavy atom. The van der Waals surface area contributed by atoms with E-state index in [4.69, 9.17) is 11.2 Å². The molecule has 4 atom stereocenters. The van der Waals surface area contributed by atoms with E-state index in [-0.39, 0.29) is 6.10 Å². The quantitative estimate of drug-likeness (QED) is 0.530. The van der Waals surface area contributed by atoms with Gasteiger partial charge in [0.25, 0.3) is 0 Å². The number of hydrogen-bond acceptors (Lipinski definition) is 1. The monoisotopic (exact) mass is 240 g/mol. The molecule has 1 saturated heterocycles. The Morgan fingerprint density at radius 1 is 1.40 bits per heavy atom. The van der Waals surface area contributed by atoms with Gasteiger partial charge in [0.15, 0.2) is 0 Å². The molecule has 1 fully saturated rings. The molecular weight excluding hydrogens is 222 g/mol. The van der Waals surface area contributed by atoms with Crippen LogP contribution < -0.4 is 0 Å². The molecule has 0 N–H and O–H groups in total. The Hall–Kier alpha value is -0.140. The molecular formula is C12H18OP2. The maximum absolute atomic E-state index is 5.89. The van der Waals surface area contributed by atoms with Crippen LogP contribution in [0.5, 0.6) is 0 Å². The molecule has 0 saturated carbocycles. The third-order valence-electron chi connectivity index (χ3n) is 3.03. The number of hydrogen-bond donors (Lipinski definition) is 0. The molecule has 82 valence electrons. The fraction of sp³-hybridized carbons (Fsp3) is 0.667. The van der Waals surface area contributed by atoms with Crippen LogP contribution >= 0.6 is 16.4 Å². The summed E-state index contributed by atoms with van der Waals surface area (Å²) in [5.74, 6) is 3.79. The first-order valence-corrected chi connectivity index (χ1v) is 7.74. The SMILES string of the molecule is C#CC1OC(CCP=C)C(CP=C)C1C. The number of terminal acetylenes is 1. The molecule has 1 aliphatic heterocycles. The summed E-state index contributed by atoms with van der Waals surface area (Å²) in [6.45, 7) is 2.20. The van der Waals surface area contributed by atoms with E-state index < -0.39 is 0 Å². The molecule has 4 unspecified atom stereocenters. The molecule has 0 aromatic rings. The summed E-state index contributed by atoms with van der Waals surface area (Å²) < 4.78 is 5.89. The lowest BCUT2D eigenvalue weighted by molar-refractivity contribution is 0.0598. The Bertz CT molecular complexity index is 269. The van der Waals surface area contributed by atoms with Crippen molar-refractivity contribution >= 4 is 29.0 Å². The Kier molecular flexibility index (Phi) is 5.55. The summed E-state index contributed by atoms with van der Waals surface area (Å²) >= 11 is 0. The highest BCUT2D eigenvalue weighted by atomic mass is 31.1. The maximum Gasteiger partial charge on any atom is 0.121 e. The topological polar surface area (TPSA) is 9.23 Å². The van der Waals surface area contributed by atoms with Crippen molar-refractivity contribution in [2.75, 3.05) is 12.3 Å². The predicted molar refractivity (Wildman–Crippen MR) is 72.6 cm³/mol. The summed E-state index contributed by atoms with van der Waals surface area (Å²) in [6.07, 6.45) is 16.8. The van der Waals surface area contributed by atoms with Gasteiger partial charge in [-0.3, -0.25) is 0 Å². The molecule has 1 aliphatic rings. The summed E-state index contributed by atoms with van der Waals surface area (Å²) in [6, 6.07) is 0. The van der Waals surface area contributed by atoms with Gasteiger partial charge in [-0.05, 0) is 30.6 Å². The van der Waals surface area contributed by atoms with Gasteiger partial charge in [-0.1, -0.05) is 25.4 Å². The van der Waals surface area contributed by atoms with E-state index in [2.05, 4.69) is 25.4 Å². The second-order valence-electron chi connectivity index (χ2n) is 3.93. The standard InChI is InChI=1S/C12H18OP2/c1-5-11-9(2)10(8-15-4)12(13-11)6-7-14-3/h1,9-12H,3-4,6-8H2,2H3. The highest BCUT2D eigenvalue weighted by Crippen LogP contribution is 2.36. The van der Waals surface area contributed by atoms with Crippen LogP contribution in [0.4, 0.5) is 0 Å². The molecule has 1 rings (SSSR count). The normalized spacial score (nSPS) is 35.7. The minimum atomic E-state index is 0.00299. The van der Waals surface area contributed by atoms with Crippen LogP contribution in [0.25, 0.3) is 0 Å². The van der Waals surface area contributed by atoms with Crippen molar-refractivity contribution in [1.82, 2.24) is 0 Å². The maximum atomic E-state index is 5.89. The molecule has 0 amide bonds. The van der Waals surface area contributed by atoms with Gasteiger partial charge in [-0.25, -0.2) is 0 Å². The van der Waals surface area contributed by atoms with Crippen LogP contribution in [-0.4, -0.2) is 37.1 Å². The molecule has 1 heterocycles. The average Bonchev–Trinajstić information content (AvgIpc) is 2.54. The van der Waals surface area contributed by atoms with Crippen LogP contribution in [0.1, 0.15) is 13.3 Å². The zero-order valence-electron chi connectivity index (χ0n) is 9.22. The highest BCUT2D eigenvalue weighted by Gasteiger charge is 2.39. The van der Waals surface area contributed by atoms with E-state index in [9.17, 15) is 0 Å². The van der Waals surface area contributed by atoms with E-state index in [1.807, 2.05) is 0 Å². The van der Waals surface area contributed by atoms with Crippen molar-refractivity contribution in [2.45, 2.75) is 25.6 Å². The van der Waals surface area contributed by atoms with Crippen molar-refractivity contribution in [2.24, 2.45) is 11.8 Å². The van der Waals surface area contributed by atoms with Crippen molar-refractivity contribution in [1.29, 1.82) is 0 Å². The lowest BCUT2D eigenvalue weighted by Crippen LogP contribution is -2.21. The first kappa shape index (κ1) is 12.9. The summed E-state index contributed by atoms with van der Waals surface area (Å²) in [7, 11) is 2.38. The average molecular weight is 240 g/mol. The third-order valence-corrected chi connectivity index (χ3v) is 4.28. The van der Waals surface area contributed by atoms with Crippen molar-refractivity contribution in [3.63, 3.8) is 0 Å². The molecule has 0 aromatic heterocycles. The molecule has 0 bridgehead atoms. The number of rotatable bonds is 5. The summed E-state index contributed by atoms with van der Waals surface area (Å²) in [5, 5.41) is 0. The Morgan fingerprint density at radius 2 is 2.13 bits per heavy atom. The zero-order valence-corrected chi connectivity index (χ0v) is 11.0. The van der Waals surface area contributed by atoms with E-state index >= 15 is 0 Å². The lowest BCUT2D eigenvalue weighted by atomic mass is 9.89. The first-order valence-electron chi connectivity index (χ1n) is 5.21. The van der Waals surface area contributed by atoms with E-state index in [1.54, 1.807) is 0 Å². The third kappa shape index (κ3) is 3.15. The van der Waals surface area contributed by atoms with Crippen LogP contribution in [0, 0.1) is 24.2 Å². The van der Waals surface area contributed by atoms with E-state index in [0.29, 0.717) is 17.9 Å². The molecule has 0 radical (unpaired) electrons. The second-order valence-corrected chi connectivity index (χ2v) is 5.63. The molecule has 0 aliphatic carbocycles. The first-order chi connectivity index (χ1) is 7.24. The Labute approximate surface area is 96.2 Å². The van der Waals surface area contributed by atoms with Crippen LogP contribution in [-0.2, 0) is 4.74 Å². The van der Waals surface area contributed by atoms with E-state index in [0.717, 1.165) is 18.7 Å². The predicted octanol–water partition coefficient (Wildman–Crippen LogP) is 2.79. The van der Waals surface area contributed by atoms with Crippen molar-refractivity contribution in [3.05, 3.63) is 0 Å². The highest BCUT2D eigenvalue weighted by molar-refractivity contribution is 7.36. The summed E-state index contributed by atoms with van der Waals surface area (Å²) in [4.78, 5) is 0. The van der Waals surface area contributed by atoms with Crippen LogP contribution in [0.3, 0.4) is 0 Å². The van der Waals surface area contributed by atoms with Gasteiger partial charge in [0.05, 0.1) is 6.10 Å². The van der Waals surface area contributed by atoms with E-state index in [1.165, 1.54) is 16.4 Å². The zero-order chi connectivity index (χ0) is 11.3. The largest absolute Gasteiger partial charge is 0.362 e. The van der Waals surface area contributed by atoms with Crippen LogP contribution in [0.15, 0.2) is 0 Å².